The zero-order valence-electron chi connectivity index (χ0n) is 13.7. The maximum absolute atomic E-state index is 12.5. The highest BCUT2D eigenvalue weighted by atomic mass is 35.5. The fraction of sp³-hybridized carbons (Fsp3) is 0.167. The van der Waals surface area contributed by atoms with Crippen LogP contribution in [0, 0.1) is 13.8 Å². The number of carbonyl (C=O) groups is 1. The van der Waals surface area contributed by atoms with Crippen molar-refractivity contribution >= 4 is 23.2 Å². The summed E-state index contributed by atoms with van der Waals surface area (Å²) in [6.45, 7) is 3.89. The van der Waals surface area contributed by atoms with E-state index in [9.17, 15) is 4.79 Å². The van der Waals surface area contributed by atoms with Gasteiger partial charge < -0.3 is 5.32 Å². The van der Waals surface area contributed by atoms with Gasteiger partial charge in [0.25, 0.3) is 5.91 Å². The van der Waals surface area contributed by atoms with Crippen molar-refractivity contribution in [3.05, 3.63) is 64.6 Å². The first kappa shape index (κ1) is 16.2. The molecule has 5 nitrogen and oxygen atoms in total. The molecule has 1 aromatic carbocycles. The molecular formula is C18H17ClN4O. The summed E-state index contributed by atoms with van der Waals surface area (Å²) in [6, 6.07) is 9.20. The molecule has 0 atom stereocenters. The third-order valence-corrected chi connectivity index (χ3v) is 4.09. The number of hydrogen-bond acceptors (Lipinski definition) is 3. The van der Waals surface area contributed by atoms with E-state index in [1.165, 1.54) is 0 Å². The van der Waals surface area contributed by atoms with Crippen molar-refractivity contribution < 1.29 is 4.79 Å². The van der Waals surface area contributed by atoms with E-state index < -0.39 is 0 Å². The molecular weight excluding hydrogens is 324 g/mol. The number of amides is 1. The molecule has 0 saturated heterocycles. The minimum absolute atomic E-state index is 0.258. The van der Waals surface area contributed by atoms with Crippen molar-refractivity contribution in [2.75, 3.05) is 5.32 Å². The molecule has 2 aromatic heterocycles. The van der Waals surface area contributed by atoms with Crippen LogP contribution in [0.4, 0.5) is 5.69 Å². The molecule has 0 unspecified atom stereocenters. The fourth-order valence-electron chi connectivity index (χ4n) is 2.50. The number of aromatic nitrogens is 3. The molecule has 0 bridgehead atoms. The summed E-state index contributed by atoms with van der Waals surface area (Å²) < 4.78 is 1.69. The highest BCUT2D eigenvalue weighted by Gasteiger charge is 2.16. The smallest absolute Gasteiger partial charge is 0.276 e. The number of nitrogens with zero attached hydrogens (tertiary/aromatic N) is 3. The Morgan fingerprint density at radius 2 is 1.96 bits per heavy atom. The predicted octanol–water partition coefficient (Wildman–Crippen LogP) is 4.00. The molecule has 24 heavy (non-hydrogen) atoms. The van der Waals surface area contributed by atoms with Crippen molar-refractivity contribution in [2.24, 2.45) is 7.05 Å². The zero-order chi connectivity index (χ0) is 17.3. The molecule has 3 aromatic rings. The number of hydrogen-bond donors (Lipinski definition) is 1. The van der Waals surface area contributed by atoms with Gasteiger partial charge in [0.05, 0.1) is 5.69 Å². The Morgan fingerprint density at radius 3 is 2.71 bits per heavy atom. The third kappa shape index (κ3) is 3.16. The average molecular weight is 341 g/mol. The Kier molecular flexibility index (Phi) is 4.36. The Hall–Kier alpha value is -2.66. The minimum Gasteiger partial charge on any atom is -0.320 e. The SMILES string of the molecule is Cc1cnccc1NC(=O)c1cc(-c2cc(Cl)ccc2C)n(C)n1. The summed E-state index contributed by atoms with van der Waals surface area (Å²) in [5.41, 5.74) is 4.83. The summed E-state index contributed by atoms with van der Waals surface area (Å²) >= 11 is 6.10. The first-order valence-corrected chi connectivity index (χ1v) is 7.86. The van der Waals surface area contributed by atoms with Crippen LogP contribution < -0.4 is 5.32 Å². The van der Waals surface area contributed by atoms with Gasteiger partial charge in [0.2, 0.25) is 0 Å². The molecule has 0 aliphatic rings. The Balaban J connectivity index is 1.93. The molecule has 0 radical (unpaired) electrons. The molecule has 122 valence electrons. The minimum atomic E-state index is -0.258. The number of halogens is 1. The number of carbonyl (C=O) groups excluding carboxylic acids is 1. The maximum Gasteiger partial charge on any atom is 0.276 e. The van der Waals surface area contributed by atoms with Crippen LogP contribution in [0.2, 0.25) is 5.02 Å². The molecule has 1 N–H and O–H groups in total. The first-order valence-electron chi connectivity index (χ1n) is 7.48. The number of aryl methyl sites for hydroxylation is 3. The number of pyridine rings is 1. The van der Waals surface area contributed by atoms with Crippen molar-refractivity contribution in [1.82, 2.24) is 14.8 Å². The van der Waals surface area contributed by atoms with Crippen molar-refractivity contribution in [3.63, 3.8) is 0 Å². The molecule has 6 heteroatoms. The van der Waals surface area contributed by atoms with Gasteiger partial charge in [-0.1, -0.05) is 17.7 Å². The van der Waals surface area contributed by atoms with Crippen molar-refractivity contribution in [3.8, 4) is 11.3 Å². The highest BCUT2D eigenvalue weighted by molar-refractivity contribution is 6.30. The van der Waals surface area contributed by atoms with Crippen molar-refractivity contribution in [1.29, 1.82) is 0 Å². The summed E-state index contributed by atoms with van der Waals surface area (Å²) in [7, 11) is 1.81. The van der Waals surface area contributed by atoms with Crippen LogP contribution in [0.15, 0.2) is 42.7 Å². The van der Waals surface area contributed by atoms with Crippen LogP contribution in [-0.2, 0) is 7.05 Å². The Labute approximate surface area is 145 Å². The van der Waals surface area contributed by atoms with E-state index >= 15 is 0 Å². The highest BCUT2D eigenvalue weighted by Crippen LogP contribution is 2.27. The quantitative estimate of drug-likeness (QED) is 0.783. The van der Waals surface area contributed by atoms with Gasteiger partial charge in [-0.05, 0) is 49.2 Å². The van der Waals surface area contributed by atoms with Gasteiger partial charge in [-0.15, -0.1) is 0 Å². The Bertz CT molecular complexity index is 917. The third-order valence-electron chi connectivity index (χ3n) is 3.86. The summed E-state index contributed by atoms with van der Waals surface area (Å²) in [6.07, 6.45) is 3.34. The number of rotatable bonds is 3. The monoisotopic (exact) mass is 340 g/mol. The summed E-state index contributed by atoms with van der Waals surface area (Å²) in [5, 5.41) is 7.84. The second kappa shape index (κ2) is 6.45. The standard InChI is InChI=1S/C18H17ClN4O/c1-11-4-5-13(19)8-14(11)17-9-16(22-23(17)3)18(24)21-15-6-7-20-10-12(15)2/h4-10H,1-3H3,(H,20,21,24). The molecule has 2 heterocycles. The van der Waals surface area contributed by atoms with Crippen LogP contribution in [0.3, 0.4) is 0 Å². The molecule has 0 aliphatic heterocycles. The summed E-state index contributed by atoms with van der Waals surface area (Å²) in [4.78, 5) is 16.5. The average Bonchev–Trinajstić information content (AvgIpc) is 2.94. The predicted molar refractivity (Wildman–Crippen MR) is 95.3 cm³/mol. The second-order valence-corrected chi connectivity index (χ2v) is 6.08. The second-order valence-electron chi connectivity index (χ2n) is 5.64. The van der Waals surface area contributed by atoms with Crippen LogP contribution in [-0.4, -0.2) is 20.7 Å². The topological polar surface area (TPSA) is 59.8 Å². The van der Waals surface area contributed by atoms with Gasteiger partial charge in [0.15, 0.2) is 5.69 Å². The van der Waals surface area contributed by atoms with E-state index in [-0.39, 0.29) is 5.91 Å². The van der Waals surface area contributed by atoms with Crippen LogP contribution in [0.1, 0.15) is 21.6 Å². The molecule has 1 amide bonds. The molecule has 0 aliphatic carbocycles. The number of benzene rings is 1. The molecule has 0 spiro atoms. The number of anilines is 1. The van der Waals surface area contributed by atoms with Crippen molar-refractivity contribution in [2.45, 2.75) is 13.8 Å². The van der Waals surface area contributed by atoms with Crippen LogP contribution >= 0.6 is 11.6 Å². The van der Waals surface area contributed by atoms with Crippen LogP contribution in [0.25, 0.3) is 11.3 Å². The Morgan fingerprint density at radius 1 is 1.17 bits per heavy atom. The first-order chi connectivity index (χ1) is 11.5. The fourth-order valence-corrected chi connectivity index (χ4v) is 2.67. The lowest BCUT2D eigenvalue weighted by Crippen LogP contribution is -2.13. The van der Waals surface area contributed by atoms with E-state index in [0.29, 0.717) is 10.7 Å². The lowest BCUT2D eigenvalue weighted by atomic mass is 10.1. The van der Waals surface area contributed by atoms with E-state index in [2.05, 4.69) is 15.4 Å². The van der Waals surface area contributed by atoms with Gasteiger partial charge in [-0.2, -0.15) is 5.10 Å². The largest absolute Gasteiger partial charge is 0.320 e. The zero-order valence-corrected chi connectivity index (χ0v) is 14.4. The van der Waals surface area contributed by atoms with Gasteiger partial charge in [-0.3, -0.25) is 14.5 Å². The van der Waals surface area contributed by atoms with Gasteiger partial charge in [-0.25, -0.2) is 0 Å². The van der Waals surface area contributed by atoms with Crippen LogP contribution in [0.5, 0.6) is 0 Å². The summed E-state index contributed by atoms with van der Waals surface area (Å²) in [5.74, 6) is -0.258. The lowest BCUT2D eigenvalue weighted by molar-refractivity contribution is 0.102. The van der Waals surface area contributed by atoms with E-state index in [1.807, 2.05) is 39.1 Å². The van der Waals surface area contributed by atoms with Gasteiger partial charge >= 0.3 is 0 Å². The molecule has 0 fully saturated rings. The van der Waals surface area contributed by atoms with E-state index in [0.717, 1.165) is 28.1 Å². The van der Waals surface area contributed by atoms with Gasteiger partial charge in [0, 0.05) is 35.7 Å². The van der Waals surface area contributed by atoms with E-state index in [1.54, 1.807) is 29.2 Å². The molecule has 3 rings (SSSR count). The maximum atomic E-state index is 12.5. The normalized spacial score (nSPS) is 10.7. The van der Waals surface area contributed by atoms with Gasteiger partial charge in [0.1, 0.15) is 0 Å². The van der Waals surface area contributed by atoms with E-state index in [4.69, 9.17) is 11.6 Å². The molecule has 0 saturated carbocycles. The lowest BCUT2D eigenvalue weighted by Gasteiger charge is -2.06. The number of nitrogens with one attached hydrogen (secondary N) is 1.